The van der Waals surface area contributed by atoms with E-state index in [4.69, 9.17) is 5.73 Å². The molecule has 21 heavy (non-hydrogen) atoms. The molecule has 0 bridgehead atoms. The molecule has 3 N–H and O–H groups in total. The topological polar surface area (TPSA) is 75.4 Å². The number of halogens is 2. The maximum Gasteiger partial charge on any atom is 0.243 e. The van der Waals surface area contributed by atoms with Crippen LogP contribution >= 0.6 is 0 Å². The zero-order valence-electron chi connectivity index (χ0n) is 11.6. The van der Waals surface area contributed by atoms with E-state index in [1.54, 1.807) is 0 Å². The number of nitrogens with one attached hydrogen (secondary N) is 1. The van der Waals surface area contributed by atoms with Gasteiger partial charge in [0, 0.05) is 19.2 Å². The number of nitrogen functional groups attached to an aromatic ring is 1. The maximum absolute atomic E-state index is 13.6. The highest BCUT2D eigenvalue weighted by Gasteiger charge is 2.21. The average Bonchev–Trinajstić information content (AvgIpc) is 2.43. The summed E-state index contributed by atoms with van der Waals surface area (Å²) < 4.78 is 53.0. The van der Waals surface area contributed by atoms with Gasteiger partial charge in [0.1, 0.15) is 16.5 Å². The third kappa shape index (κ3) is 4.12. The Kier molecular flexibility index (Phi) is 5.13. The van der Waals surface area contributed by atoms with Crippen molar-refractivity contribution in [2.75, 3.05) is 31.9 Å². The average molecular weight is 319 g/mol. The van der Waals surface area contributed by atoms with Crippen LogP contribution in [0, 0.1) is 11.6 Å². The van der Waals surface area contributed by atoms with Gasteiger partial charge in [-0.3, -0.25) is 0 Å². The Morgan fingerprint density at radius 2 is 1.81 bits per heavy atom. The minimum atomic E-state index is -4.03. The van der Waals surface area contributed by atoms with Crippen LogP contribution in [0.4, 0.5) is 14.5 Å². The number of nitrogens with two attached hydrogens (primary N) is 1. The summed E-state index contributed by atoms with van der Waals surface area (Å²) in [5.41, 5.74) is 4.89. The van der Waals surface area contributed by atoms with Crippen LogP contribution in [0.2, 0.25) is 0 Å². The Morgan fingerprint density at radius 3 is 2.48 bits per heavy atom. The lowest BCUT2D eigenvalue weighted by Crippen LogP contribution is -2.37. The lowest BCUT2D eigenvalue weighted by Gasteiger charge is -2.26. The Balaban J connectivity index is 1.99. The Labute approximate surface area is 123 Å². The number of likely N-dealkylation sites (tertiary alicyclic amines) is 1. The molecule has 0 spiro atoms. The fourth-order valence-electron chi connectivity index (χ4n) is 2.35. The molecule has 0 amide bonds. The molecule has 0 aromatic heterocycles. The first kappa shape index (κ1) is 16.1. The third-order valence-electron chi connectivity index (χ3n) is 3.51. The van der Waals surface area contributed by atoms with E-state index in [0.717, 1.165) is 32.0 Å². The number of rotatable bonds is 5. The number of sulfonamides is 1. The second-order valence-electron chi connectivity index (χ2n) is 5.10. The number of hydrogen-bond acceptors (Lipinski definition) is 4. The molecule has 1 heterocycles. The zero-order valence-corrected chi connectivity index (χ0v) is 12.4. The maximum atomic E-state index is 13.6. The van der Waals surface area contributed by atoms with Crippen LogP contribution in [0.15, 0.2) is 17.0 Å². The quantitative estimate of drug-likeness (QED) is 0.803. The molecule has 118 valence electrons. The fourth-order valence-corrected chi connectivity index (χ4v) is 3.46. The summed E-state index contributed by atoms with van der Waals surface area (Å²) in [4.78, 5) is 1.53. The summed E-state index contributed by atoms with van der Waals surface area (Å²) in [5.74, 6) is -2.12. The van der Waals surface area contributed by atoms with Gasteiger partial charge in [0.15, 0.2) is 0 Å². The zero-order chi connectivity index (χ0) is 15.5. The van der Waals surface area contributed by atoms with Crippen molar-refractivity contribution in [3.63, 3.8) is 0 Å². The molecule has 5 nitrogen and oxygen atoms in total. The van der Waals surface area contributed by atoms with Gasteiger partial charge in [-0.05, 0) is 32.0 Å². The summed E-state index contributed by atoms with van der Waals surface area (Å²) >= 11 is 0. The number of benzene rings is 1. The van der Waals surface area contributed by atoms with E-state index in [-0.39, 0.29) is 6.54 Å². The van der Waals surface area contributed by atoms with Crippen molar-refractivity contribution >= 4 is 15.7 Å². The number of nitrogens with zero attached hydrogens (tertiary/aromatic N) is 1. The van der Waals surface area contributed by atoms with Crippen LogP contribution in [-0.4, -0.2) is 39.5 Å². The molecule has 1 aromatic carbocycles. The van der Waals surface area contributed by atoms with E-state index in [2.05, 4.69) is 9.62 Å². The summed E-state index contributed by atoms with van der Waals surface area (Å²) in [6, 6.07) is 1.28. The molecule has 2 rings (SSSR count). The number of piperidine rings is 1. The SMILES string of the molecule is Nc1cc(S(=O)(=O)NCCN2CCCCC2)c(F)cc1F. The van der Waals surface area contributed by atoms with Gasteiger partial charge in [-0.2, -0.15) is 0 Å². The molecular weight excluding hydrogens is 300 g/mol. The van der Waals surface area contributed by atoms with Gasteiger partial charge < -0.3 is 10.6 Å². The molecule has 0 unspecified atom stereocenters. The Hall–Kier alpha value is -1.25. The van der Waals surface area contributed by atoms with Crippen molar-refractivity contribution in [2.24, 2.45) is 0 Å². The van der Waals surface area contributed by atoms with Gasteiger partial charge in [-0.15, -0.1) is 0 Å². The molecule has 1 saturated heterocycles. The van der Waals surface area contributed by atoms with Crippen molar-refractivity contribution < 1.29 is 17.2 Å². The Morgan fingerprint density at radius 1 is 1.14 bits per heavy atom. The van der Waals surface area contributed by atoms with E-state index in [1.165, 1.54) is 6.42 Å². The molecular formula is C13H19F2N3O2S. The highest BCUT2D eigenvalue weighted by atomic mass is 32.2. The summed E-state index contributed by atoms with van der Waals surface area (Å²) in [5, 5.41) is 0. The van der Waals surface area contributed by atoms with Crippen molar-refractivity contribution in [2.45, 2.75) is 24.2 Å². The van der Waals surface area contributed by atoms with Crippen LogP contribution in [-0.2, 0) is 10.0 Å². The first-order valence-electron chi connectivity index (χ1n) is 6.87. The number of anilines is 1. The van der Waals surface area contributed by atoms with Gasteiger partial charge >= 0.3 is 0 Å². The monoisotopic (exact) mass is 319 g/mol. The van der Waals surface area contributed by atoms with E-state index in [0.29, 0.717) is 12.6 Å². The Bertz CT molecular complexity index is 602. The van der Waals surface area contributed by atoms with E-state index in [1.807, 2.05) is 0 Å². The summed E-state index contributed by atoms with van der Waals surface area (Å²) in [6.07, 6.45) is 3.41. The van der Waals surface area contributed by atoms with Crippen molar-refractivity contribution in [3.05, 3.63) is 23.8 Å². The van der Waals surface area contributed by atoms with Crippen LogP contribution in [0.3, 0.4) is 0 Å². The van der Waals surface area contributed by atoms with Crippen molar-refractivity contribution in [1.29, 1.82) is 0 Å². The molecule has 0 saturated carbocycles. The van der Waals surface area contributed by atoms with Crippen LogP contribution in [0.5, 0.6) is 0 Å². The minimum absolute atomic E-state index is 0.180. The summed E-state index contributed by atoms with van der Waals surface area (Å²) in [7, 11) is -4.03. The highest BCUT2D eigenvalue weighted by Crippen LogP contribution is 2.20. The molecule has 0 atom stereocenters. The van der Waals surface area contributed by atoms with Gasteiger partial charge in [0.25, 0.3) is 0 Å². The molecule has 1 aliphatic heterocycles. The highest BCUT2D eigenvalue weighted by molar-refractivity contribution is 7.89. The van der Waals surface area contributed by atoms with Gasteiger partial charge in [0.2, 0.25) is 10.0 Å². The summed E-state index contributed by atoms with van der Waals surface area (Å²) in [6.45, 7) is 2.63. The molecule has 8 heteroatoms. The second-order valence-corrected chi connectivity index (χ2v) is 6.84. The molecule has 0 aliphatic carbocycles. The smallest absolute Gasteiger partial charge is 0.243 e. The van der Waals surface area contributed by atoms with Crippen LogP contribution in [0.25, 0.3) is 0 Å². The minimum Gasteiger partial charge on any atom is -0.396 e. The predicted molar refractivity (Wildman–Crippen MR) is 76.2 cm³/mol. The van der Waals surface area contributed by atoms with Crippen molar-refractivity contribution in [3.8, 4) is 0 Å². The van der Waals surface area contributed by atoms with Gasteiger partial charge in [0.05, 0.1) is 5.69 Å². The second kappa shape index (κ2) is 6.67. The molecule has 0 radical (unpaired) electrons. The van der Waals surface area contributed by atoms with Gasteiger partial charge in [-0.25, -0.2) is 21.9 Å². The molecule has 1 aliphatic rings. The van der Waals surface area contributed by atoms with Crippen molar-refractivity contribution in [1.82, 2.24) is 9.62 Å². The van der Waals surface area contributed by atoms with Crippen LogP contribution in [0.1, 0.15) is 19.3 Å². The van der Waals surface area contributed by atoms with Gasteiger partial charge in [-0.1, -0.05) is 6.42 Å². The largest absolute Gasteiger partial charge is 0.396 e. The third-order valence-corrected chi connectivity index (χ3v) is 4.99. The fraction of sp³-hybridized carbons (Fsp3) is 0.538. The predicted octanol–water partition coefficient (Wildman–Crippen LogP) is 1.31. The number of hydrogen-bond donors (Lipinski definition) is 2. The molecule has 1 aromatic rings. The van der Waals surface area contributed by atoms with E-state index in [9.17, 15) is 17.2 Å². The van der Waals surface area contributed by atoms with E-state index >= 15 is 0 Å². The van der Waals surface area contributed by atoms with Crippen LogP contribution < -0.4 is 10.5 Å². The first-order valence-corrected chi connectivity index (χ1v) is 8.35. The standard InChI is InChI=1S/C13H19F2N3O2S/c14-10-8-11(15)13(9-12(10)16)21(19,20)17-4-7-18-5-2-1-3-6-18/h8-9,17H,1-7,16H2. The van der Waals surface area contributed by atoms with E-state index < -0.39 is 32.2 Å². The molecule has 1 fully saturated rings. The lowest BCUT2D eigenvalue weighted by atomic mass is 10.1. The first-order chi connectivity index (χ1) is 9.90. The lowest BCUT2D eigenvalue weighted by molar-refractivity contribution is 0.232. The normalized spacial score (nSPS) is 17.0.